The first-order valence-electron chi connectivity index (χ1n) is 8.89. The molecule has 0 aliphatic heterocycles. The molecular weight excluding hydrogens is 368 g/mol. The minimum atomic E-state index is 0. The first-order valence-corrected chi connectivity index (χ1v) is 8.89. The van der Waals surface area contributed by atoms with Gasteiger partial charge in [0.25, 0.3) is 5.89 Å². The van der Waals surface area contributed by atoms with Crippen molar-refractivity contribution < 1.29 is 14.0 Å². The molecule has 2 N–H and O–H groups in total. The van der Waals surface area contributed by atoms with Gasteiger partial charge in [0.2, 0.25) is 0 Å². The summed E-state index contributed by atoms with van der Waals surface area (Å²) in [6.45, 7) is 5.17. The van der Waals surface area contributed by atoms with Crippen LogP contribution in [-0.4, -0.2) is 35.0 Å². The van der Waals surface area contributed by atoms with E-state index in [2.05, 4.69) is 17.1 Å². The molecule has 0 bridgehead atoms. The summed E-state index contributed by atoms with van der Waals surface area (Å²) < 4.78 is 19.0. The maximum Gasteiger partial charge on any atom is 0.274 e. The van der Waals surface area contributed by atoms with Crippen molar-refractivity contribution in [1.82, 2.24) is 14.7 Å². The number of halogens is 1. The Morgan fingerprint density at radius 3 is 2.63 bits per heavy atom. The first kappa shape index (κ1) is 21.1. The molecule has 0 aliphatic rings. The van der Waals surface area contributed by atoms with Gasteiger partial charge in [-0.1, -0.05) is 18.5 Å². The molecule has 7 nitrogen and oxygen atoms in total. The monoisotopic (exact) mass is 394 g/mol. The highest BCUT2D eigenvalue weighted by atomic mass is 35.5. The number of methoxy groups -OCH3 is 1. The van der Waals surface area contributed by atoms with Crippen molar-refractivity contribution >= 4 is 23.3 Å². The normalized spacial score (nSPS) is 12.0. The number of aryl methyl sites for hydroxylation is 2. The fourth-order valence-electron chi connectivity index (χ4n) is 3.19. The number of ether oxygens (including phenoxy) is 2. The Kier molecular flexibility index (Phi) is 7.10. The maximum atomic E-state index is 6.12. The lowest BCUT2D eigenvalue weighted by Crippen LogP contribution is -2.21. The Morgan fingerprint density at radius 1 is 1.30 bits per heavy atom. The zero-order valence-corrected chi connectivity index (χ0v) is 17.0. The van der Waals surface area contributed by atoms with Crippen LogP contribution in [0.1, 0.15) is 25.6 Å². The molecule has 8 heteroatoms. The number of aromatic nitrogens is 3. The van der Waals surface area contributed by atoms with Crippen LogP contribution in [0.25, 0.3) is 22.5 Å². The van der Waals surface area contributed by atoms with Gasteiger partial charge in [0.1, 0.15) is 17.2 Å². The Labute approximate surface area is 165 Å². The van der Waals surface area contributed by atoms with Crippen LogP contribution in [0.2, 0.25) is 0 Å². The minimum Gasteiger partial charge on any atom is -0.495 e. The van der Waals surface area contributed by atoms with Crippen LogP contribution in [0, 0.1) is 12.8 Å². The van der Waals surface area contributed by atoms with E-state index < -0.39 is 0 Å². The van der Waals surface area contributed by atoms with Crippen molar-refractivity contribution in [3.05, 3.63) is 24.0 Å². The summed E-state index contributed by atoms with van der Waals surface area (Å²) in [5, 5.41) is 4.83. The van der Waals surface area contributed by atoms with Crippen molar-refractivity contribution in [1.29, 1.82) is 0 Å². The van der Waals surface area contributed by atoms with Gasteiger partial charge in [-0.3, -0.25) is 0 Å². The highest BCUT2D eigenvalue weighted by Gasteiger charge is 2.19. The van der Waals surface area contributed by atoms with Gasteiger partial charge in [-0.05, 0) is 38.1 Å². The van der Waals surface area contributed by atoms with Crippen molar-refractivity contribution in [3.63, 3.8) is 0 Å². The number of rotatable bonds is 8. The van der Waals surface area contributed by atoms with E-state index in [-0.39, 0.29) is 12.4 Å². The first-order chi connectivity index (χ1) is 12.6. The third kappa shape index (κ3) is 4.20. The number of hydrogen-bond donors (Lipinski definition) is 1. The summed E-state index contributed by atoms with van der Waals surface area (Å²) in [4.78, 5) is 4.34. The standard InChI is InChI=1S/C19H26N4O3.ClH/c1-5-6-13(10-20)11-25-16-7-8-17(24-4)18-14(16)9-15(23(18)3)19-21-12(2)22-26-19;/h7-9,13H,5-6,10-11,20H2,1-4H3;1H/t13-;/m0./s1. The van der Waals surface area contributed by atoms with Crippen LogP contribution in [0.3, 0.4) is 0 Å². The van der Waals surface area contributed by atoms with Gasteiger partial charge in [0.15, 0.2) is 5.82 Å². The Morgan fingerprint density at radius 2 is 2.04 bits per heavy atom. The highest BCUT2D eigenvalue weighted by Crippen LogP contribution is 2.38. The Balaban J connectivity index is 0.00000261. The zero-order chi connectivity index (χ0) is 18.7. The topological polar surface area (TPSA) is 88.3 Å². The van der Waals surface area contributed by atoms with Crippen LogP contribution >= 0.6 is 12.4 Å². The van der Waals surface area contributed by atoms with Gasteiger partial charge in [-0.2, -0.15) is 4.98 Å². The van der Waals surface area contributed by atoms with Crippen LogP contribution in [-0.2, 0) is 7.05 Å². The van der Waals surface area contributed by atoms with Crippen LogP contribution < -0.4 is 15.2 Å². The molecule has 0 fully saturated rings. The lowest BCUT2D eigenvalue weighted by Gasteiger charge is -2.16. The van der Waals surface area contributed by atoms with E-state index in [4.69, 9.17) is 19.7 Å². The molecule has 0 aliphatic carbocycles. The Hall–Kier alpha value is -2.25. The molecule has 2 heterocycles. The third-order valence-electron chi connectivity index (χ3n) is 4.59. The fraction of sp³-hybridized carbons (Fsp3) is 0.474. The van der Waals surface area contributed by atoms with Crippen molar-refractivity contribution in [2.75, 3.05) is 20.3 Å². The highest BCUT2D eigenvalue weighted by molar-refractivity contribution is 5.95. The van der Waals surface area contributed by atoms with E-state index in [1.165, 1.54) is 0 Å². The van der Waals surface area contributed by atoms with E-state index in [1.54, 1.807) is 14.0 Å². The van der Waals surface area contributed by atoms with Crippen molar-refractivity contribution in [3.8, 4) is 23.1 Å². The van der Waals surface area contributed by atoms with Gasteiger partial charge in [-0.25, -0.2) is 0 Å². The number of nitrogens with zero attached hydrogens (tertiary/aromatic N) is 3. The summed E-state index contributed by atoms with van der Waals surface area (Å²) in [6, 6.07) is 5.85. The lowest BCUT2D eigenvalue weighted by atomic mass is 10.1. The number of hydrogen-bond acceptors (Lipinski definition) is 6. The molecule has 0 radical (unpaired) electrons. The van der Waals surface area contributed by atoms with Crippen molar-refractivity contribution in [2.45, 2.75) is 26.7 Å². The maximum absolute atomic E-state index is 6.12. The molecule has 0 saturated heterocycles. The third-order valence-corrected chi connectivity index (χ3v) is 4.59. The molecule has 0 saturated carbocycles. The summed E-state index contributed by atoms with van der Waals surface area (Å²) >= 11 is 0. The second kappa shape index (κ2) is 9.10. The smallest absolute Gasteiger partial charge is 0.274 e. The summed E-state index contributed by atoms with van der Waals surface area (Å²) in [7, 11) is 3.60. The largest absolute Gasteiger partial charge is 0.495 e. The molecular formula is C19H27ClN4O3. The van der Waals surface area contributed by atoms with Gasteiger partial charge >= 0.3 is 0 Å². The van der Waals surface area contributed by atoms with Gasteiger partial charge in [0.05, 0.1) is 19.2 Å². The molecule has 0 spiro atoms. The Bertz CT molecular complexity index is 891. The fourth-order valence-corrected chi connectivity index (χ4v) is 3.19. The molecule has 2 aromatic heterocycles. The molecule has 0 amide bonds. The second-order valence-electron chi connectivity index (χ2n) is 6.46. The molecule has 27 heavy (non-hydrogen) atoms. The average Bonchev–Trinajstić information content (AvgIpc) is 3.22. The molecule has 1 aromatic carbocycles. The van der Waals surface area contributed by atoms with Crippen LogP contribution in [0.5, 0.6) is 11.5 Å². The molecule has 1 atom stereocenters. The number of benzene rings is 1. The number of fused-ring (bicyclic) bond motifs is 1. The van der Waals surface area contributed by atoms with Gasteiger partial charge in [0, 0.05) is 18.4 Å². The van der Waals surface area contributed by atoms with Crippen LogP contribution in [0.4, 0.5) is 0 Å². The van der Waals surface area contributed by atoms with Gasteiger partial charge in [-0.15, -0.1) is 12.4 Å². The second-order valence-corrected chi connectivity index (χ2v) is 6.46. The average molecular weight is 395 g/mol. The zero-order valence-electron chi connectivity index (χ0n) is 16.2. The predicted octanol–water partition coefficient (Wildman–Crippen LogP) is 3.72. The van der Waals surface area contributed by atoms with E-state index in [0.29, 0.717) is 30.8 Å². The summed E-state index contributed by atoms with van der Waals surface area (Å²) in [5.74, 6) is 2.98. The van der Waals surface area contributed by atoms with E-state index in [1.807, 2.05) is 29.8 Å². The van der Waals surface area contributed by atoms with E-state index in [0.717, 1.165) is 40.9 Å². The van der Waals surface area contributed by atoms with E-state index in [9.17, 15) is 0 Å². The SMILES string of the molecule is CCC[C@@H](CN)COc1ccc(OC)c2c1cc(-c1nc(C)no1)n2C.Cl. The predicted molar refractivity (Wildman–Crippen MR) is 108 cm³/mol. The molecule has 0 unspecified atom stereocenters. The molecule has 148 valence electrons. The summed E-state index contributed by atoms with van der Waals surface area (Å²) in [6.07, 6.45) is 2.15. The molecule has 3 rings (SSSR count). The molecule has 3 aromatic rings. The summed E-state index contributed by atoms with van der Waals surface area (Å²) in [5.41, 5.74) is 7.60. The van der Waals surface area contributed by atoms with Crippen molar-refractivity contribution in [2.24, 2.45) is 18.7 Å². The number of nitrogens with two attached hydrogens (primary N) is 1. The quantitative estimate of drug-likeness (QED) is 0.626. The van der Waals surface area contributed by atoms with E-state index >= 15 is 0 Å². The van der Waals surface area contributed by atoms with Gasteiger partial charge < -0.3 is 24.3 Å². The van der Waals surface area contributed by atoms with Crippen LogP contribution in [0.15, 0.2) is 22.7 Å². The minimum absolute atomic E-state index is 0. The lowest BCUT2D eigenvalue weighted by molar-refractivity contribution is 0.246.